The topological polar surface area (TPSA) is 111 Å². The highest BCUT2D eigenvalue weighted by Gasteiger charge is 2.32. The summed E-state index contributed by atoms with van der Waals surface area (Å²) in [4.78, 5) is 23.9. The number of nitrogens with zero attached hydrogens (tertiary/aromatic N) is 5. The van der Waals surface area contributed by atoms with Crippen molar-refractivity contribution in [3.05, 3.63) is 10.1 Å². The van der Waals surface area contributed by atoms with Crippen LogP contribution in [0.25, 0.3) is 0 Å². The molecule has 9 heteroatoms. The highest BCUT2D eigenvalue weighted by Crippen LogP contribution is 2.34. The number of nitrogens with two attached hydrogens (primary N) is 1. The SMILES string of the molecule is CC1CN(c2nc(N3CCCCCC3)nc(N)c2[N+](=O)[O-])CC(C)O1. The van der Waals surface area contributed by atoms with Crippen molar-refractivity contribution in [2.45, 2.75) is 51.7 Å². The molecular formula is C16H26N6O3. The molecule has 9 nitrogen and oxygen atoms in total. The summed E-state index contributed by atoms with van der Waals surface area (Å²) in [6, 6.07) is 0. The largest absolute Gasteiger partial charge is 0.378 e. The van der Waals surface area contributed by atoms with Gasteiger partial charge in [-0.1, -0.05) is 12.8 Å². The van der Waals surface area contributed by atoms with Crippen LogP contribution in [0.15, 0.2) is 0 Å². The number of rotatable bonds is 3. The molecule has 3 rings (SSSR count). The van der Waals surface area contributed by atoms with E-state index in [-0.39, 0.29) is 23.7 Å². The summed E-state index contributed by atoms with van der Waals surface area (Å²) in [6.07, 6.45) is 4.46. The van der Waals surface area contributed by atoms with Gasteiger partial charge in [0, 0.05) is 26.2 Å². The van der Waals surface area contributed by atoms with Gasteiger partial charge in [-0.05, 0) is 26.7 Å². The highest BCUT2D eigenvalue weighted by atomic mass is 16.6. The Bertz CT molecular complexity index is 623. The molecule has 0 radical (unpaired) electrons. The molecule has 2 aliphatic heterocycles. The Morgan fingerprint density at radius 2 is 1.68 bits per heavy atom. The summed E-state index contributed by atoms with van der Waals surface area (Å²) in [5.74, 6) is 0.728. The Morgan fingerprint density at radius 1 is 1.08 bits per heavy atom. The molecule has 0 spiro atoms. The van der Waals surface area contributed by atoms with Gasteiger partial charge in [-0.2, -0.15) is 9.97 Å². The van der Waals surface area contributed by atoms with Crippen molar-refractivity contribution in [2.24, 2.45) is 0 Å². The first kappa shape index (κ1) is 17.7. The highest BCUT2D eigenvalue weighted by molar-refractivity contribution is 5.71. The van der Waals surface area contributed by atoms with Crippen LogP contribution in [-0.2, 0) is 4.74 Å². The van der Waals surface area contributed by atoms with Gasteiger partial charge >= 0.3 is 5.69 Å². The van der Waals surface area contributed by atoms with E-state index < -0.39 is 4.92 Å². The molecule has 1 aromatic heterocycles. The Kier molecular flexibility index (Phi) is 5.22. The lowest BCUT2D eigenvalue weighted by Gasteiger charge is -2.36. The molecule has 25 heavy (non-hydrogen) atoms. The molecule has 2 saturated heterocycles. The minimum Gasteiger partial charge on any atom is -0.378 e. The smallest absolute Gasteiger partial charge is 0.353 e. The van der Waals surface area contributed by atoms with Crippen molar-refractivity contribution in [2.75, 3.05) is 41.7 Å². The second-order valence-electron chi connectivity index (χ2n) is 6.90. The average Bonchev–Trinajstić information content (AvgIpc) is 2.82. The number of ether oxygens (including phenoxy) is 1. The number of morpholine rings is 1. The van der Waals surface area contributed by atoms with E-state index in [2.05, 4.69) is 14.9 Å². The molecule has 0 amide bonds. The van der Waals surface area contributed by atoms with Gasteiger partial charge in [-0.3, -0.25) is 10.1 Å². The van der Waals surface area contributed by atoms with E-state index in [1.54, 1.807) is 0 Å². The summed E-state index contributed by atoms with van der Waals surface area (Å²) in [5.41, 5.74) is 5.76. The number of aromatic nitrogens is 2. The Morgan fingerprint density at radius 3 is 2.24 bits per heavy atom. The Hall–Kier alpha value is -2.16. The zero-order chi connectivity index (χ0) is 18.0. The number of nitrogen functional groups attached to an aromatic ring is 1. The van der Waals surface area contributed by atoms with Crippen LogP contribution in [0.3, 0.4) is 0 Å². The Labute approximate surface area is 147 Å². The zero-order valence-corrected chi connectivity index (χ0v) is 14.8. The second-order valence-corrected chi connectivity index (χ2v) is 6.90. The molecule has 2 fully saturated rings. The van der Waals surface area contributed by atoms with Crippen molar-refractivity contribution in [3.63, 3.8) is 0 Å². The number of hydrogen-bond donors (Lipinski definition) is 1. The molecule has 2 N–H and O–H groups in total. The molecular weight excluding hydrogens is 324 g/mol. The predicted octanol–water partition coefficient (Wildman–Crippen LogP) is 1.96. The maximum absolute atomic E-state index is 11.6. The monoisotopic (exact) mass is 350 g/mol. The van der Waals surface area contributed by atoms with Crippen LogP contribution in [0.5, 0.6) is 0 Å². The van der Waals surface area contributed by atoms with Gasteiger partial charge in [-0.25, -0.2) is 0 Å². The molecule has 2 atom stereocenters. The van der Waals surface area contributed by atoms with Crippen LogP contribution in [0.4, 0.5) is 23.3 Å². The van der Waals surface area contributed by atoms with E-state index in [4.69, 9.17) is 10.5 Å². The van der Waals surface area contributed by atoms with Gasteiger partial charge in [0.15, 0.2) is 0 Å². The van der Waals surface area contributed by atoms with Crippen molar-refractivity contribution in [1.29, 1.82) is 0 Å². The van der Waals surface area contributed by atoms with Crippen LogP contribution in [-0.4, -0.2) is 53.3 Å². The van der Waals surface area contributed by atoms with Crippen molar-refractivity contribution < 1.29 is 9.66 Å². The first-order valence-electron chi connectivity index (χ1n) is 8.93. The summed E-state index contributed by atoms with van der Waals surface area (Å²) < 4.78 is 5.73. The molecule has 2 unspecified atom stereocenters. The standard InChI is InChI=1S/C16H26N6O3/c1-11-9-21(10-12(2)25-11)15-13(22(23)24)14(17)18-16(19-15)20-7-5-3-4-6-8-20/h11-12H,3-10H2,1-2H3,(H2,17,18,19). The van der Waals surface area contributed by atoms with E-state index in [1.165, 1.54) is 12.8 Å². The van der Waals surface area contributed by atoms with E-state index in [9.17, 15) is 10.1 Å². The lowest BCUT2D eigenvalue weighted by molar-refractivity contribution is -0.383. The quantitative estimate of drug-likeness (QED) is 0.650. The third-order valence-electron chi connectivity index (χ3n) is 4.67. The van der Waals surface area contributed by atoms with Crippen LogP contribution in [0, 0.1) is 10.1 Å². The molecule has 138 valence electrons. The van der Waals surface area contributed by atoms with E-state index in [0.29, 0.717) is 24.9 Å². The third kappa shape index (κ3) is 3.92. The fourth-order valence-corrected chi connectivity index (χ4v) is 3.61. The average molecular weight is 350 g/mol. The normalized spacial score (nSPS) is 24.9. The summed E-state index contributed by atoms with van der Waals surface area (Å²) in [6.45, 7) is 6.70. The van der Waals surface area contributed by atoms with Crippen LogP contribution < -0.4 is 15.5 Å². The maximum Gasteiger partial charge on any atom is 0.353 e. The molecule has 0 aliphatic carbocycles. The zero-order valence-electron chi connectivity index (χ0n) is 14.8. The number of nitro groups is 1. The molecule has 0 aromatic carbocycles. The first-order valence-corrected chi connectivity index (χ1v) is 8.93. The predicted molar refractivity (Wildman–Crippen MR) is 96.0 cm³/mol. The molecule has 2 aliphatic rings. The van der Waals surface area contributed by atoms with E-state index in [1.807, 2.05) is 18.7 Å². The molecule has 0 saturated carbocycles. The molecule has 3 heterocycles. The van der Waals surface area contributed by atoms with Gasteiger partial charge in [0.2, 0.25) is 17.6 Å². The van der Waals surface area contributed by atoms with Gasteiger partial charge < -0.3 is 20.3 Å². The summed E-state index contributed by atoms with van der Waals surface area (Å²) in [7, 11) is 0. The molecule has 1 aromatic rings. The van der Waals surface area contributed by atoms with Gasteiger partial charge in [0.25, 0.3) is 0 Å². The van der Waals surface area contributed by atoms with E-state index in [0.717, 1.165) is 25.9 Å². The van der Waals surface area contributed by atoms with Crippen LogP contribution >= 0.6 is 0 Å². The molecule has 0 bridgehead atoms. The fraction of sp³-hybridized carbons (Fsp3) is 0.750. The maximum atomic E-state index is 11.6. The second kappa shape index (κ2) is 7.38. The van der Waals surface area contributed by atoms with Crippen molar-refractivity contribution in [1.82, 2.24) is 9.97 Å². The first-order chi connectivity index (χ1) is 12.0. The summed E-state index contributed by atoms with van der Waals surface area (Å²) in [5, 5.41) is 11.6. The number of anilines is 3. The van der Waals surface area contributed by atoms with Crippen molar-refractivity contribution in [3.8, 4) is 0 Å². The minimum absolute atomic E-state index is 0.0267. The lowest BCUT2D eigenvalue weighted by Crippen LogP contribution is -2.46. The van der Waals surface area contributed by atoms with E-state index >= 15 is 0 Å². The van der Waals surface area contributed by atoms with Crippen molar-refractivity contribution >= 4 is 23.3 Å². The fourth-order valence-electron chi connectivity index (χ4n) is 3.61. The van der Waals surface area contributed by atoms with Crippen LogP contribution in [0.2, 0.25) is 0 Å². The van der Waals surface area contributed by atoms with Gasteiger partial charge in [-0.15, -0.1) is 0 Å². The van der Waals surface area contributed by atoms with Gasteiger partial charge in [0.05, 0.1) is 17.1 Å². The number of hydrogen-bond acceptors (Lipinski definition) is 8. The minimum atomic E-state index is -0.484. The lowest BCUT2D eigenvalue weighted by atomic mass is 10.2. The van der Waals surface area contributed by atoms with Gasteiger partial charge in [0.1, 0.15) is 0 Å². The third-order valence-corrected chi connectivity index (χ3v) is 4.67. The summed E-state index contributed by atoms with van der Waals surface area (Å²) >= 11 is 0. The Balaban J connectivity index is 1.99. The van der Waals surface area contributed by atoms with Crippen LogP contribution in [0.1, 0.15) is 39.5 Å².